The minimum absolute atomic E-state index is 0.764. The minimum Gasteiger partial charge on any atom is -0.0822 e. The number of hydrogen-bond donors (Lipinski definition) is 0. The van der Waals surface area contributed by atoms with E-state index in [9.17, 15) is 0 Å². The zero-order valence-corrected chi connectivity index (χ0v) is 8.22. The molecule has 2 unspecified atom stereocenters. The number of allylic oxidation sites excluding steroid dienone is 2. The van der Waals surface area contributed by atoms with E-state index in [1.165, 1.54) is 12.8 Å². The van der Waals surface area contributed by atoms with E-state index in [0.29, 0.717) is 0 Å². The van der Waals surface area contributed by atoms with E-state index in [1.807, 2.05) is 0 Å². The third kappa shape index (κ3) is 2.36. The van der Waals surface area contributed by atoms with Crippen LogP contribution in [0.2, 0.25) is 0 Å². The molecule has 0 N–H and O–H groups in total. The summed E-state index contributed by atoms with van der Waals surface area (Å²) in [6.45, 7) is 9.30. The van der Waals surface area contributed by atoms with Crippen molar-refractivity contribution in [3.05, 3.63) is 11.6 Å². The fraction of sp³-hybridized carbons (Fsp3) is 0.818. The number of hydrogen-bond acceptors (Lipinski definition) is 0. The highest BCUT2D eigenvalue weighted by atomic mass is 14.2. The van der Waals surface area contributed by atoms with E-state index in [-0.39, 0.29) is 0 Å². The molecule has 11 heavy (non-hydrogen) atoms. The second-order valence-corrected chi connectivity index (χ2v) is 4.42. The van der Waals surface area contributed by atoms with Gasteiger partial charge < -0.3 is 0 Å². The van der Waals surface area contributed by atoms with E-state index in [0.717, 1.165) is 17.8 Å². The molecular formula is C11H20. The van der Waals surface area contributed by atoms with Crippen LogP contribution in [0.15, 0.2) is 11.6 Å². The lowest BCUT2D eigenvalue weighted by molar-refractivity contribution is 0.416. The summed E-state index contributed by atoms with van der Waals surface area (Å²) in [5.41, 5.74) is 1.68. The molecule has 0 saturated carbocycles. The van der Waals surface area contributed by atoms with Gasteiger partial charge in [0.25, 0.3) is 0 Å². The molecule has 0 aromatic heterocycles. The fourth-order valence-electron chi connectivity index (χ4n) is 2.05. The molecule has 0 heteroatoms. The summed E-state index contributed by atoms with van der Waals surface area (Å²) in [7, 11) is 0. The molecule has 0 aromatic rings. The predicted octanol–water partition coefficient (Wildman–Crippen LogP) is 3.63. The first kappa shape index (κ1) is 8.83. The van der Waals surface area contributed by atoms with Crippen molar-refractivity contribution in [2.75, 3.05) is 0 Å². The van der Waals surface area contributed by atoms with Crippen molar-refractivity contribution < 1.29 is 0 Å². The van der Waals surface area contributed by atoms with Crippen LogP contribution in [0.1, 0.15) is 40.5 Å². The van der Waals surface area contributed by atoms with Gasteiger partial charge in [-0.05, 0) is 30.6 Å². The van der Waals surface area contributed by atoms with Crippen molar-refractivity contribution in [2.45, 2.75) is 40.5 Å². The maximum absolute atomic E-state index is 2.48. The summed E-state index contributed by atoms with van der Waals surface area (Å²) in [6.07, 6.45) is 5.20. The predicted molar refractivity (Wildman–Crippen MR) is 50.5 cm³/mol. The van der Waals surface area contributed by atoms with Crippen LogP contribution in [-0.2, 0) is 0 Å². The zero-order valence-electron chi connectivity index (χ0n) is 8.22. The van der Waals surface area contributed by atoms with Gasteiger partial charge in [-0.2, -0.15) is 0 Å². The van der Waals surface area contributed by atoms with E-state index >= 15 is 0 Å². The van der Waals surface area contributed by atoms with Gasteiger partial charge in [-0.3, -0.25) is 0 Å². The molecule has 0 radical (unpaired) electrons. The Morgan fingerprint density at radius 2 is 2.00 bits per heavy atom. The third-order valence-electron chi connectivity index (χ3n) is 2.60. The Morgan fingerprint density at radius 3 is 2.45 bits per heavy atom. The molecule has 0 heterocycles. The Bertz CT molecular complexity index is 153. The van der Waals surface area contributed by atoms with Crippen LogP contribution in [-0.4, -0.2) is 0 Å². The van der Waals surface area contributed by atoms with Gasteiger partial charge in [-0.1, -0.05) is 39.3 Å². The summed E-state index contributed by atoms with van der Waals surface area (Å²) in [5, 5.41) is 0. The first-order valence-electron chi connectivity index (χ1n) is 4.80. The lowest BCUT2D eigenvalue weighted by Crippen LogP contribution is -2.12. The average molecular weight is 152 g/mol. The van der Waals surface area contributed by atoms with Crippen LogP contribution in [0.4, 0.5) is 0 Å². The van der Waals surface area contributed by atoms with E-state index in [1.54, 1.807) is 5.57 Å². The third-order valence-corrected chi connectivity index (χ3v) is 2.60. The minimum atomic E-state index is 0.764. The van der Waals surface area contributed by atoms with Crippen molar-refractivity contribution in [1.82, 2.24) is 0 Å². The summed E-state index contributed by atoms with van der Waals surface area (Å²) < 4.78 is 0. The molecule has 1 rings (SSSR count). The Hall–Kier alpha value is -0.260. The van der Waals surface area contributed by atoms with E-state index in [2.05, 4.69) is 33.8 Å². The molecule has 0 fully saturated rings. The Labute approximate surface area is 70.7 Å². The highest BCUT2D eigenvalue weighted by Crippen LogP contribution is 2.31. The van der Waals surface area contributed by atoms with Gasteiger partial charge in [0.2, 0.25) is 0 Å². The summed E-state index contributed by atoms with van der Waals surface area (Å²) in [4.78, 5) is 0. The monoisotopic (exact) mass is 152 g/mol. The Balaban J connectivity index is 2.64. The molecule has 0 spiro atoms. The topological polar surface area (TPSA) is 0 Å². The molecule has 1 aliphatic rings. The normalized spacial score (nSPS) is 32.3. The zero-order chi connectivity index (χ0) is 8.43. The quantitative estimate of drug-likeness (QED) is 0.503. The maximum atomic E-state index is 2.48. The highest BCUT2D eigenvalue weighted by molar-refractivity contribution is 5.10. The second-order valence-electron chi connectivity index (χ2n) is 4.42. The molecule has 0 amide bonds. The molecule has 0 aliphatic heterocycles. The molecule has 0 aromatic carbocycles. The molecule has 2 atom stereocenters. The first-order valence-corrected chi connectivity index (χ1v) is 4.80. The van der Waals surface area contributed by atoms with Gasteiger partial charge in [0.1, 0.15) is 0 Å². The van der Waals surface area contributed by atoms with E-state index < -0.39 is 0 Å². The SMILES string of the molecule is CC1C=C(C(C)C)CC(C)C1. The van der Waals surface area contributed by atoms with Gasteiger partial charge in [0.05, 0.1) is 0 Å². The highest BCUT2D eigenvalue weighted by Gasteiger charge is 2.17. The molecular weight excluding hydrogens is 132 g/mol. The standard InChI is InChI=1S/C11H20/c1-8(2)11-6-9(3)5-10(4)7-11/h6,8-10H,5,7H2,1-4H3. The molecule has 0 bridgehead atoms. The summed E-state index contributed by atoms with van der Waals surface area (Å²) in [6, 6.07) is 0. The van der Waals surface area contributed by atoms with Crippen molar-refractivity contribution in [3.8, 4) is 0 Å². The van der Waals surface area contributed by atoms with Gasteiger partial charge in [0, 0.05) is 0 Å². The van der Waals surface area contributed by atoms with Crippen molar-refractivity contribution >= 4 is 0 Å². The van der Waals surface area contributed by atoms with Crippen LogP contribution in [0.5, 0.6) is 0 Å². The smallest absolute Gasteiger partial charge is 0.0257 e. The van der Waals surface area contributed by atoms with Crippen LogP contribution in [0.3, 0.4) is 0 Å². The van der Waals surface area contributed by atoms with Crippen molar-refractivity contribution in [3.63, 3.8) is 0 Å². The van der Waals surface area contributed by atoms with Crippen LogP contribution >= 0.6 is 0 Å². The van der Waals surface area contributed by atoms with Crippen LogP contribution < -0.4 is 0 Å². The van der Waals surface area contributed by atoms with Crippen molar-refractivity contribution in [1.29, 1.82) is 0 Å². The first-order chi connectivity index (χ1) is 5.09. The van der Waals surface area contributed by atoms with Gasteiger partial charge in [-0.15, -0.1) is 0 Å². The lowest BCUT2D eigenvalue weighted by atomic mass is 9.80. The summed E-state index contributed by atoms with van der Waals surface area (Å²) >= 11 is 0. The molecule has 1 aliphatic carbocycles. The Kier molecular flexibility index (Phi) is 2.75. The fourth-order valence-corrected chi connectivity index (χ4v) is 2.05. The van der Waals surface area contributed by atoms with Gasteiger partial charge >= 0.3 is 0 Å². The molecule has 0 saturated heterocycles. The second kappa shape index (κ2) is 3.42. The average Bonchev–Trinajstić information content (AvgIpc) is 1.85. The summed E-state index contributed by atoms with van der Waals surface area (Å²) in [5.74, 6) is 2.49. The number of rotatable bonds is 1. The van der Waals surface area contributed by atoms with E-state index in [4.69, 9.17) is 0 Å². The lowest BCUT2D eigenvalue weighted by Gasteiger charge is -2.25. The Morgan fingerprint density at radius 1 is 1.36 bits per heavy atom. The van der Waals surface area contributed by atoms with Crippen molar-refractivity contribution in [2.24, 2.45) is 17.8 Å². The molecule has 0 nitrogen and oxygen atoms in total. The molecule has 64 valence electrons. The van der Waals surface area contributed by atoms with Crippen LogP contribution in [0, 0.1) is 17.8 Å². The largest absolute Gasteiger partial charge is 0.0822 e. The van der Waals surface area contributed by atoms with Crippen LogP contribution in [0.25, 0.3) is 0 Å². The van der Waals surface area contributed by atoms with Gasteiger partial charge in [0.15, 0.2) is 0 Å². The van der Waals surface area contributed by atoms with Gasteiger partial charge in [-0.25, -0.2) is 0 Å². The maximum Gasteiger partial charge on any atom is -0.0257 e.